The molecule has 1 aliphatic rings. The summed E-state index contributed by atoms with van der Waals surface area (Å²) in [6.07, 6.45) is -0.829. The number of likely N-dealkylation sites (tertiary alicyclic amines) is 1. The van der Waals surface area contributed by atoms with E-state index < -0.39 is 23.9 Å². The standard InChI is InChI=1S/C22H24N2O4/c1-15-8-10-19(11-9-15)23-21(26)16(2)28-22(27)18-12-20(25)24(14-18)13-17-6-4-3-5-7-17/h3-11,16,18H,12-14H2,1-2H3,(H,23,26)/t16-,18+/m0/s1. The van der Waals surface area contributed by atoms with Gasteiger partial charge >= 0.3 is 5.97 Å². The summed E-state index contributed by atoms with van der Waals surface area (Å²) in [5.74, 6) is -1.55. The molecule has 0 saturated carbocycles. The summed E-state index contributed by atoms with van der Waals surface area (Å²) in [4.78, 5) is 38.5. The number of amides is 2. The van der Waals surface area contributed by atoms with E-state index in [0.29, 0.717) is 18.8 Å². The van der Waals surface area contributed by atoms with Gasteiger partial charge in [0, 0.05) is 25.2 Å². The third kappa shape index (κ3) is 4.97. The van der Waals surface area contributed by atoms with Crippen LogP contribution < -0.4 is 5.32 Å². The molecule has 6 heteroatoms. The van der Waals surface area contributed by atoms with E-state index in [4.69, 9.17) is 4.74 Å². The number of carbonyl (C=O) groups is 3. The highest BCUT2D eigenvalue weighted by Gasteiger charge is 2.36. The summed E-state index contributed by atoms with van der Waals surface area (Å²) < 4.78 is 5.31. The first kappa shape index (κ1) is 19.6. The number of hydrogen-bond acceptors (Lipinski definition) is 4. The Morgan fingerprint density at radius 1 is 1.14 bits per heavy atom. The summed E-state index contributed by atoms with van der Waals surface area (Å²) in [6.45, 7) is 4.26. The van der Waals surface area contributed by atoms with Gasteiger partial charge in [0.05, 0.1) is 5.92 Å². The minimum Gasteiger partial charge on any atom is -0.452 e. The molecule has 2 aromatic rings. The first-order valence-corrected chi connectivity index (χ1v) is 9.32. The minimum atomic E-state index is -0.938. The van der Waals surface area contributed by atoms with Crippen LogP contribution in [0.4, 0.5) is 5.69 Å². The molecule has 28 heavy (non-hydrogen) atoms. The van der Waals surface area contributed by atoms with Gasteiger partial charge in [0.25, 0.3) is 5.91 Å². The van der Waals surface area contributed by atoms with Gasteiger partial charge in [-0.2, -0.15) is 0 Å². The van der Waals surface area contributed by atoms with E-state index in [1.807, 2.05) is 49.4 Å². The average Bonchev–Trinajstić information content (AvgIpc) is 3.05. The molecule has 1 N–H and O–H groups in total. The van der Waals surface area contributed by atoms with E-state index >= 15 is 0 Å². The second-order valence-electron chi connectivity index (χ2n) is 7.10. The Kier molecular flexibility index (Phi) is 6.09. The molecule has 1 fully saturated rings. The predicted molar refractivity (Wildman–Crippen MR) is 105 cm³/mol. The minimum absolute atomic E-state index is 0.0810. The van der Waals surface area contributed by atoms with Gasteiger partial charge < -0.3 is 15.0 Å². The third-order valence-electron chi connectivity index (χ3n) is 4.75. The van der Waals surface area contributed by atoms with E-state index in [1.165, 1.54) is 6.92 Å². The summed E-state index contributed by atoms with van der Waals surface area (Å²) in [6, 6.07) is 17.0. The number of anilines is 1. The van der Waals surface area contributed by atoms with Crippen LogP contribution in [0.3, 0.4) is 0 Å². The fourth-order valence-electron chi connectivity index (χ4n) is 3.09. The second kappa shape index (κ2) is 8.69. The van der Waals surface area contributed by atoms with E-state index in [9.17, 15) is 14.4 Å². The van der Waals surface area contributed by atoms with Crippen molar-refractivity contribution in [2.75, 3.05) is 11.9 Å². The molecule has 3 rings (SSSR count). The fraction of sp³-hybridized carbons (Fsp3) is 0.318. The van der Waals surface area contributed by atoms with Gasteiger partial charge in [-0.15, -0.1) is 0 Å². The molecule has 0 unspecified atom stereocenters. The fourth-order valence-corrected chi connectivity index (χ4v) is 3.09. The number of hydrogen-bond donors (Lipinski definition) is 1. The third-order valence-corrected chi connectivity index (χ3v) is 4.75. The van der Waals surface area contributed by atoms with Crippen molar-refractivity contribution in [1.82, 2.24) is 4.90 Å². The van der Waals surface area contributed by atoms with Crippen molar-refractivity contribution in [1.29, 1.82) is 0 Å². The highest BCUT2D eigenvalue weighted by molar-refractivity contribution is 5.95. The number of nitrogens with one attached hydrogen (secondary N) is 1. The molecule has 2 atom stereocenters. The van der Waals surface area contributed by atoms with Crippen LogP contribution in [0, 0.1) is 12.8 Å². The van der Waals surface area contributed by atoms with E-state index in [2.05, 4.69) is 5.32 Å². The zero-order chi connectivity index (χ0) is 20.1. The summed E-state index contributed by atoms with van der Waals surface area (Å²) in [5, 5.41) is 2.72. The molecule has 0 aliphatic carbocycles. The summed E-state index contributed by atoms with van der Waals surface area (Å²) >= 11 is 0. The molecule has 0 bridgehead atoms. The lowest BCUT2D eigenvalue weighted by Gasteiger charge is -2.18. The molecular formula is C22H24N2O4. The lowest BCUT2D eigenvalue weighted by molar-refractivity contribution is -0.157. The van der Waals surface area contributed by atoms with Crippen LogP contribution in [0.25, 0.3) is 0 Å². The van der Waals surface area contributed by atoms with Gasteiger partial charge in [0.1, 0.15) is 0 Å². The smallest absolute Gasteiger partial charge is 0.312 e. The SMILES string of the molecule is Cc1ccc(NC(=O)[C@H](C)OC(=O)[C@@H]2CC(=O)N(Cc3ccccc3)C2)cc1. The number of nitrogens with zero attached hydrogens (tertiary/aromatic N) is 1. The number of carbonyl (C=O) groups excluding carboxylic acids is 3. The normalized spacial score (nSPS) is 17.3. The molecule has 1 saturated heterocycles. The number of aryl methyl sites for hydroxylation is 1. The molecule has 0 aromatic heterocycles. The van der Waals surface area contributed by atoms with Crippen LogP contribution in [0.1, 0.15) is 24.5 Å². The summed E-state index contributed by atoms with van der Waals surface area (Å²) in [7, 11) is 0. The Balaban J connectivity index is 1.51. The van der Waals surface area contributed by atoms with Gasteiger partial charge in [0.2, 0.25) is 5.91 Å². The lowest BCUT2D eigenvalue weighted by Crippen LogP contribution is -2.33. The second-order valence-corrected chi connectivity index (χ2v) is 7.10. The van der Waals surface area contributed by atoms with Crippen molar-refractivity contribution < 1.29 is 19.1 Å². The van der Waals surface area contributed by atoms with Crippen molar-refractivity contribution in [3.05, 3.63) is 65.7 Å². The maximum absolute atomic E-state index is 12.4. The van der Waals surface area contributed by atoms with Gasteiger partial charge in [0.15, 0.2) is 6.10 Å². The number of benzene rings is 2. The van der Waals surface area contributed by atoms with Crippen molar-refractivity contribution in [3.8, 4) is 0 Å². The highest BCUT2D eigenvalue weighted by Crippen LogP contribution is 2.22. The van der Waals surface area contributed by atoms with Crippen LogP contribution in [-0.2, 0) is 25.7 Å². The monoisotopic (exact) mass is 380 g/mol. The zero-order valence-corrected chi connectivity index (χ0v) is 16.1. The molecule has 1 aliphatic heterocycles. The van der Waals surface area contributed by atoms with Crippen LogP contribution in [0.15, 0.2) is 54.6 Å². The Bertz CT molecular complexity index is 849. The number of esters is 1. The average molecular weight is 380 g/mol. The highest BCUT2D eigenvalue weighted by atomic mass is 16.5. The van der Waals surface area contributed by atoms with Crippen LogP contribution in [0.5, 0.6) is 0 Å². The Hall–Kier alpha value is -3.15. The Morgan fingerprint density at radius 3 is 2.50 bits per heavy atom. The van der Waals surface area contributed by atoms with E-state index in [-0.39, 0.29) is 12.3 Å². The van der Waals surface area contributed by atoms with Crippen LogP contribution in [0.2, 0.25) is 0 Å². The van der Waals surface area contributed by atoms with Crippen LogP contribution in [-0.4, -0.2) is 35.3 Å². The maximum atomic E-state index is 12.4. The molecule has 2 aromatic carbocycles. The van der Waals surface area contributed by atoms with Gasteiger partial charge in [-0.1, -0.05) is 48.0 Å². The molecule has 1 heterocycles. The quantitative estimate of drug-likeness (QED) is 0.782. The van der Waals surface area contributed by atoms with Gasteiger partial charge in [-0.3, -0.25) is 14.4 Å². The van der Waals surface area contributed by atoms with Gasteiger partial charge in [-0.25, -0.2) is 0 Å². The Labute approximate surface area is 164 Å². The number of rotatable bonds is 6. The molecule has 146 valence electrons. The molecule has 0 radical (unpaired) electrons. The predicted octanol–water partition coefficient (Wildman–Crippen LogP) is 2.91. The zero-order valence-electron chi connectivity index (χ0n) is 16.1. The molecular weight excluding hydrogens is 356 g/mol. The maximum Gasteiger partial charge on any atom is 0.312 e. The van der Waals surface area contributed by atoms with Crippen molar-refractivity contribution in [2.45, 2.75) is 32.9 Å². The van der Waals surface area contributed by atoms with Gasteiger partial charge in [-0.05, 0) is 31.5 Å². The van der Waals surface area contributed by atoms with Crippen molar-refractivity contribution in [3.63, 3.8) is 0 Å². The lowest BCUT2D eigenvalue weighted by atomic mass is 10.1. The molecule has 0 spiro atoms. The Morgan fingerprint density at radius 2 is 1.82 bits per heavy atom. The largest absolute Gasteiger partial charge is 0.452 e. The first-order valence-electron chi connectivity index (χ1n) is 9.32. The molecule has 6 nitrogen and oxygen atoms in total. The number of ether oxygens (including phenoxy) is 1. The van der Waals surface area contributed by atoms with E-state index in [0.717, 1.165) is 11.1 Å². The first-order chi connectivity index (χ1) is 13.4. The summed E-state index contributed by atoms with van der Waals surface area (Å²) in [5.41, 5.74) is 2.74. The van der Waals surface area contributed by atoms with Crippen molar-refractivity contribution >= 4 is 23.5 Å². The topological polar surface area (TPSA) is 75.7 Å². The van der Waals surface area contributed by atoms with Crippen molar-refractivity contribution in [2.24, 2.45) is 5.92 Å². The van der Waals surface area contributed by atoms with Crippen LogP contribution >= 0.6 is 0 Å². The molecule has 2 amide bonds. The van der Waals surface area contributed by atoms with E-state index in [1.54, 1.807) is 17.0 Å².